The van der Waals surface area contributed by atoms with Crippen LogP contribution in [-0.2, 0) is 17.1 Å². The zero-order chi connectivity index (χ0) is 16.3. The van der Waals surface area contributed by atoms with Gasteiger partial charge in [0, 0.05) is 0 Å². The molecule has 1 rings (SSSR count). The van der Waals surface area contributed by atoms with Crippen LogP contribution in [0.4, 0.5) is 0 Å². The standard InChI is InChI=1S/C8H6O4.Mn.2NO3/c9-7(10)5-2-1-3-6(4-5)8(11)12;;2*2-1(3)4/h1-4H,(H,9,10)(H,11,12);;;/q;+2;2*-1. The molecule has 1 aromatic carbocycles. The SMILES string of the molecule is O=C(O)c1cccc(C(=O)O)c1.O=[N+]([O-])[O-].O=[N+]([O-])[O-].[Mn+2]. The maximum Gasteiger partial charge on any atom is 2.00 e. The van der Waals surface area contributed by atoms with E-state index >= 15 is 0 Å². The van der Waals surface area contributed by atoms with Gasteiger partial charge in [-0.1, -0.05) is 6.07 Å². The van der Waals surface area contributed by atoms with Gasteiger partial charge in [-0.25, -0.2) is 9.59 Å². The molecule has 0 aromatic heterocycles. The van der Waals surface area contributed by atoms with Crippen molar-refractivity contribution in [3.8, 4) is 0 Å². The Morgan fingerprint density at radius 1 is 0.857 bits per heavy atom. The van der Waals surface area contributed by atoms with Crippen molar-refractivity contribution in [2.75, 3.05) is 0 Å². The number of hydrogen-bond donors (Lipinski definition) is 2. The summed E-state index contributed by atoms with van der Waals surface area (Å²) in [5.74, 6) is -2.25. The number of benzene rings is 1. The summed E-state index contributed by atoms with van der Waals surface area (Å²) in [6, 6.07) is 5.20. The third kappa shape index (κ3) is 17.1. The molecule has 0 bridgehead atoms. The van der Waals surface area contributed by atoms with Crippen LogP contribution >= 0.6 is 0 Å². The molecule has 12 nitrogen and oxygen atoms in total. The van der Waals surface area contributed by atoms with Gasteiger partial charge in [-0.05, 0) is 18.2 Å². The van der Waals surface area contributed by atoms with Crippen LogP contribution in [0, 0.1) is 30.6 Å². The van der Waals surface area contributed by atoms with E-state index < -0.39 is 22.1 Å². The van der Waals surface area contributed by atoms with Crippen LogP contribution in [0.25, 0.3) is 0 Å². The maximum absolute atomic E-state index is 10.4. The van der Waals surface area contributed by atoms with Crippen molar-refractivity contribution in [2.45, 2.75) is 0 Å². The zero-order valence-corrected chi connectivity index (χ0v) is 10.9. The van der Waals surface area contributed by atoms with Crippen molar-refractivity contribution >= 4 is 11.9 Å². The number of carboxylic acids is 2. The molecule has 21 heavy (non-hydrogen) atoms. The van der Waals surface area contributed by atoms with Gasteiger partial charge >= 0.3 is 29.0 Å². The molecule has 0 atom stereocenters. The molecule has 1 aromatic rings. The monoisotopic (exact) mass is 345 g/mol. The second-order valence-electron chi connectivity index (χ2n) is 2.64. The predicted octanol–water partition coefficient (Wildman–Crippen LogP) is 0.602. The summed E-state index contributed by atoms with van der Waals surface area (Å²) < 4.78 is 0. The first-order valence-electron chi connectivity index (χ1n) is 4.27. The first-order chi connectivity index (χ1) is 9.07. The molecular weight excluding hydrogens is 339 g/mol. The molecule has 0 aliphatic carbocycles. The van der Waals surface area contributed by atoms with E-state index in [-0.39, 0.29) is 28.2 Å². The normalized spacial score (nSPS) is 7.62. The van der Waals surface area contributed by atoms with E-state index in [1.807, 2.05) is 0 Å². The van der Waals surface area contributed by atoms with Crippen LogP contribution < -0.4 is 0 Å². The maximum atomic E-state index is 10.4. The second kappa shape index (κ2) is 12.1. The molecule has 2 N–H and O–H groups in total. The van der Waals surface area contributed by atoms with Gasteiger partial charge in [0.2, 0.25) is 0 Å². The Balaban J connectivity index is -0.000000304. The van der Waals surface area contributed by atoms with Crippen LogP contribution in [0.3, 0.4) is 0 Å². The Bertz CT molecular complexity index is 456. The number of nitrogens with zero attached hydrogens (tertiary/aromatic N) is 2. The molecule has 115 valence electrons. The molecule has 0 amide bonds. The Morgan fingerprint density at radius 3 is 1.29 bits per heavy atom. The minimum absolute atomic E-state index is 0. The fraction of sp³-hybridized carbons (Fsp3) is 0. The van der Waals surface area contributed by atoms with Crippen molar-refractivity contribution in [2.24, 2.45) is 0 Å². The molecule has 0 saturated heterocycles. The van der Waals surface area contributed by atoms with Crippen molar-refractivity contribution in [1.29, 1.82) is 0 Å². The third-order valence-corrected chi connectivity index (χ3v) is 1.36. The number of rotatable bonds is 2. The van der Waals surface area contributed by atoms with E-state index in [1.165, 1.54) is 18.2 Å². The van der Waals surface area contributed by atoms with Gasteiger partial charge in [-0.3, -0.25) is 0 Å². The number of aromatic carboxylic acids is 2. The van der Waals surface area contributed by atoms with Gasteiger partial charge in [0.1, 0.15) is 0 Å². The molecule has 0 spiro atoms. The van der Waals surface area contributed by atoms with E-state index in [9.17, 15) is 9.59 Å². The van der Waals surface area contributed by atoms with Gasteiger partial charge < -0.3 is 40.9 Å². The van der Waals surface area contributed by atoms with Gasteiger partial charge in [0.15, 0.2) is 0 Å². The third-order valence-electron chi connectivity index (χ3n) is 1.36. The Kier molecular flexibility index (Phi) is 13.4. The van der Waals surface area contributed by atoms with Crippen LogP contribution in [-0.4, -0.2) is 32.3 Å². The van der Waals surface area contributed by atoms with E-state index in [0.29, 0.717) is 0 Å². The van der Waals surface area contributed by atoms with Crippen LogP contribution in [0.5, 0.6) is 0 Å². The summed E-state index contributed by atoms with van der Waals surface area (Å²) >= 11 is 0. The molecule has 0 fully saturated rings. The molecule has 0 heterocycles. The van der Waals surface area contributed by atoms with Crippen molar-refractivity contribution in [3.63, 3.8) is 0 Å². The van der Waals surface area contributed by atoms with Gasteiger partial charge in [-0.15, -0.1) is 0 Å². The molecule has 0 aliphatic rings. The smallest absolute Gasteiger partial charge is 0.478 e. The molecule has 0 aliphatic heterocycles. The van der Waals surface area contributed by atoms with Gasteiger partial charge in [-0.2, -0.15) is 0 Å². The summed E-state index contributed by atoms with van der Waals surface area (Å²) in [5.41, 5.74) is -0.0372. The molecule has 1 radical (unpaired) electrons. The number of hydrogen-bond acceptors (Lipinski definition) is 8. The van der Waals surface area contributed by atoms with Crippen molar-refractivity contribution in [1.82, 2.24) is 0 Å². The Labute approximate surface area is 125 Å². The predicted molar refractivity (Wildman–Crippen MR) is 61.1 cm³/mol. The fourth-order valence-corrected chi connectivity index (χ4v) is 0.785. The minimum atomic E-state index is -1.75. The largest absolute Gasteiger partial charge is 2.00 e. The quantitative estimate of drug-likeness (QED) is 0.433. The van der Waals surface area contributed by atoms with Crippen molar-refractivity contribution in [3.05, 3.63) is 66.0 Å². The van der Waals surface area contributed by atoms with E-state index in [0.717, 1.165) is 6.07 Å². The summed E-state index contributed by atoms with van der Waals surface area (Å²) in [7, 11) is 0. The number of carboxylic acid groups (broad SMARTS) is 2. The fourth-order valence-electron chi connectivity index (χ4n) is 0.785. The summed E-state index contributed by atoms with van der Waals surface area (Å²) in [6.07, 6.45) is 0. The summed E-state index contributed by atoms with van der Waals surface area (Å²) in [4.78, 5) is 37.3. The first kappa shape index (κ1) is 23.2. The molecule has 0 saturated carbocycles. The van der Waals surface area contributed by atoms with Gasteiger partial charge in [0.25, 0.3) is 0 Å². The Hall–Kier alpha value is -2.92. The molecule has 13 heteroatoms. The van der Waals surface area contributed by atoms with Crippen LogP contribution in [0.2, 0.25) is 0 Å². The summed E-state index contributed by atoms with van der Waals surface area (Å²) in [5, 5.41) is 46.5. The van der Waals surface area contributed by atoms with Crippen LogP contribution in [0.1, 0.15) is 20.7 Å². The van der Waals surface area contributed by atoms with E-state index in [4.69, 9.17) is 40.9 Å². The van der Waals surface area contributed by atoms with E-state index in [1.54, 1.807) is 0 Å². The topological polar surface area (TPSA) is 207 Å². The molecule has 0 unspecified atom stereocenters. The van der Waals surface area contributed by atoms with Crippen LogP contribution in [0.15, 0.2) is 24.3 Å². The second-order valence-corrected chi connectivity index (χ2v) is 2.64. The van der Waals surface area contributed by atoms with Crippen molar-refractivity contribution < 1.29 is 47.0 Å². The summed E-state index contributed by atoms with van der Waals surface area (Å²) in [6.45, 7) is 0. The average molecular weight is 345 g/mol. The van der Waals surface area contributed by atoms with E-state index in [2.05, 4.69) is 0 Å². The molecular formula is C8H6MnN2O10. The zero-order valence-electron chi connectivity index (χ0n) is 9.74. The minimum Gasteiger partial charge on any atom is -0.478 e. The number of carbonyl (C=O) groups is 2. The Morgan fingerprint density at radius 2 is 1.10 bits per heavy atom. The van der Waals surface area contributed by atoms with Gasteiger partial charge in [0.05, 0.1) is 21.3 Å². The first-order valence-corrected chi connectivity index (χ1v) is 4.27. The average Bonchev–Trinajstić information content (AvgIpc) is 2.27.